The molecule has 158 valence electrons. The maximum atomic E-state index is 12.6. The van der Waals surface area contributed by atoms with Gasteiger partial charge >= 0.3 is 0 Å². The molecule has 0 spiro atoms. The van der Waals surface area contributed by atoms with Crippen LogP contribution in [0, 0.1) is 11.8 Å². The lowest BCUT2D eigenvalue weighted by Gasteiger charge is -2.33. The summed E-state index contributed by atoms with van der Waals surface area (Å²) in [4.78, 5) is 39.2. The highest BCUT2D eigenvalue weighted by Gasteiger charge is 2.41. The number of likely N-dealkylation sites (tertiary alicyclic amines) is 2. The molecule has 0 radical (unpaired) electrons. The Labute approximate surface area is 164 Å². The van der Waals surface area contributed by atoms with Crippen LogP contribution in [-0.4, -0.2) is 65.8 Å². The summed E-state index contributed by atoms with van der Waals surface area (Å²) < 4.78 is 0. The molecule has 2 aliphatic rings. The van der Waals surface area contributed by atoms with E-state index in [-0.39, 0.29) is 36.1 Å². The topological polar surface area (TPSA) is 90.0 Å². The van der Waals surface area contributed by atoms with E-state index in [0.29, 0.717) is 13.0 Å². The van der Waals surface area contributed by atoms with Crippen LogP contribution in [0.2, 0.25) is 0 Å². The van der Waals surface area contributed by atoms with Crippen LogP contribution in [0.4, 0.5) is 0 Å². The first-order valence-corrected chi connectivity index (χ1v) is 10.2. The Balaban J connectivity index is 0.000000836. The summed E-state index contributed by atoms with van der Waals surface area (Å²) in [6.45, 7) is 10.5. The number of aldehydes is 1. The highest BCUT2D eigenvalue weighted by atomic mass is 16.5. The minimum atomic E-state index is -0.364. The highest BCUT2D eigenvalue weighted by Crippen LogP contribution is 2.27. The number of carbonyl (C=O) groups is 3. The van der Waals surface area contributed by atoms with Gasteiger partial charge in [-0.2, -0.15) is 0 Å². The number of hydrogen-bond donors (Lipinski definition) is 2. The molecule has 0 aliphatic carbocycles. The number of nitrogens with one attached hydrogen (secondary N) is 1. The quantitative estimate of drug-likeness (QED) is 0.541. The van der Waals surface area contributed by atoms with Gasteiger partial charge < -0.3 is 19.8 Å². The first-order chi connectivity index (χ1) is 12.9. The Morgan fingerprint density at radius 2 is 1.74 bits per heavy atom. The number of unbranched alkanes of at least 4 members (excludes halogenated alkanes) is 1. The minimum Gasteiger partial charge on any atom is -0.341 e. The molecule has 0 aromatic heterocycles. The summed E-state index contributed by atoms with van der Waals surface area (Å²) >= 11 is 0. The Morgan fingerprint density at radius 3 is 2.15 bits per heavy atom. The van der Waals surface area contributed by atoms with Crippen molar-refractivity contribution in [1.29, 1.82) is 0 Å². The van der Waals surface area contributed by atoms with E-state index in [4.69, 9.17) is 5.21 Å². The normalized spacial score (nSPS) is 20.0. The second-order valence-corrected chi connectivity index (χ2v) is 7.36. The highest BCUT2D eigenvalue weighted by molar-refractivity contribution is 5.90. The third-order valence-electron chi connectivity index (χ3n) is 4.87. The van der Waals surface area contributed by atoms with Gasteiger partial charge in [0.15, 0.2) is 0 Å². The fourth-order valence-corrected chi connectivity index (χ4v) is 3.28. The third kappa shape index (κ3) is 8.39. The van der Waals surface area contributed by atoms with Crippen molar-refractivity contribution in [1.82, 2.24) is 15.3 Å². The van der Waals surface area contributed by atoms with Crippen molar-refractivity contribution in [3.05, 3.63) is 0 Å². The number of hydrogen-bond acceptors (Lipinski definition) is 5. The van der Waals surface area contributed by atoms with Crippen LogP contribution >= 0.6 is 0 Å². The fourth-order valence-electron chi connectivity index (χ4n) is 3.28. The molecule has 2 amide bonds. The zero-order chi connectivity index (χ0) is 20.8. The van der Waals surface area contributed by atoms with E-state index in [1.807, 2.05) is 18.7 Å². The Bertz CT molecular complexity index is 435. The van der Waals surface area contributed by atoms with E-state index in [1.54, 1.807) is 10.4 Å². The zero-order valence-corrected chi connectivity index (χ0v) is 17.7. The average Bonchev–Trinajstić information content (AvgIpc) is 3.28. The van der Waals surface area contributed by atoms with Gasteiger partial charge in [-0.1, -0.05) is 40.5 Å². The molecule has 7 nitrogen and oxygen atoms in total. The molecule has 7 heteroatoms. The summed E-state index contributed by atoms with van der Waals surface area (Å²) in [6.07, 6.45) is 6.52. The molecule has 0 aromatic carbocycles. The molecule has 0 saturated carbocycles. The largest absolute Gasteiger partial charge is 0.341 e. The lowest BCUT2D eigenvalue weighted by atomic mass is 10.0. The molecule has 2 aliphatic heterocycles. The second-order valence-electron chi connectivity index (χ2n) is 7.36. The van der Waals surface area contributed by atoms with Crippen molar-refractivity contribution in [2.24, 2.45) is 11.8 Å². The maximum absolute atomic E-state index is 12.6. The van der Waals surface area contributed by atoms with Crippen LogP contribution in [0.1, 0.15) is 66.2 Å². The molecule has 2 fully saturated rings. The minimum absolute atomic E-state index is 0.0247. The number of rotatable bonds is 6. The first kappa shape index (κ1) is 25.5. The van der Waals surface area contributed by atoms with Crippen LogP contribution in [0.3, 0.4) is 0 Å². The van der Waals surface area contributed by atoms with E-state index in [1.165, 1.54) is 19.9 Å². The Morgan fingerprint density at radius 1 is 1.22 bits per heavy atom. The molecule has 2 rings (SSSR count). The van der Waals surface area contributed by atoms with Crippen molar-refractivity contribution in [2.45, 2.75) is 72.3 Å². The van der Waals surface area contributed by atoms with E-state index in [0.717, 1.165) is 32.2 Å². The van der Waals surface area contributed by atoms with Crippen LogP contribution in [-0.2, 0) is 14.4 Å². The van der Waals surface area contributed by atoms with Crippen molar-refractivity contribution in [2.75, 3.05) is 26.7 Å². The van der Waals surface area contributed by atoms with Crippen LogP contribution in [0.25, 0.3) is 0 Å². The van der Waals surface area contributed by atoms with Gasteiger partial charge in [-0.05, 0) is 25.2 Å². The fraction of sp³-hybridized carbons (Fsp3) is 0.850. The second kappa shape index (κ2) is 14.6. The Kier molecular flexibility index (Phi) is 13.8. The number of nitrogens with zero attached hydrogens (tertiary/aromatic N) is 2. The lowest BCUT2D eigenvalue weighted by Crippen LogP contribution is -2.51. The van der Waals surface area contributed by atoms with Gasteiger partial charge in [0.2, 0.25) is 11.8 Å². The lowest BCUT2D eigenvalue weighted by molar-refractivity contribution is -0.146. The molecule has 27 heavy (non-hydrogen) atoms. The molecule has 2 unspecified atom stereocenters. The standard InChI is InChI=1S/C15H24N2O3.C4H10.CH5NO/c1-11(2)13(15(20)16-7-3-4-8-16)17-9-5-12(6-10-18)14(17)19;1-3-4-2;1-2-3/h10-13H,3-9H2,1-2H3;3-4H2,1-2H3;2-3H,1H3. The van der Waals surface area contributed by atoms with Gasteiger partial charge in [0.25, 0.3) is 0 Å². The number of amides is 2. The van der Waals surface area contributed by atoms with Crippen LogP contribution in [0.15, 0.2) is 0 Å². The van der Waals surface area contributed by atoms with Gasteiger partial charge in [-0.25, -0.2) is 5.48 Å². The summed E-state index contributed by atoms with van der Waals surface area (Å²) in [6, 6.07) is -0.364. The SMILES string of the molecule is CC(C)C(C(=O)N1CCCC1)N1CCC(CC=O)C1=O.CCCC.CNO. The van der Waals surface area contributed by atoms with Crippen molar-refractivity contribution in [3.63, 3.8) is 0 Å². The predicted molar refractivity (Wildman–Crippen MR) is 106 cm³/mol. The van der Waals surface area contributed by atoms with E-state index < -0.39 is 0 Å². The smallest absolute Gasteiger partial charge is 0.245 e. The summed E-state index contributed by atoms with van der Waals surface area (Å²) in [7, 11) is 1.43. The summed E-state index contributed by atoms with van der Waals surface area (Å²) in [5.74, 6) is -0.0666. The van der Waals surface area contributed by atoms with Gasteiger partial charge in [0, 0.05) is 39.0 Å². The molecule has 2 N–H and O–H groups in total. The summed E-state index contributed by atoms with van der Waals surface area (Å²) in [5, 5.41) is 7.32. The molecule has 2 saturated heterocycles. The molecular weight excluding hydrogens is 346 g/mol. The molecule has 2 heterocycles. The third-order valence-corrected chi connectivity index (χ3v) is 4.87. The van der Waals surface area contributed by atoms with Gasteiger partial charge in [-0.15, -0.1) is 0 Å². The van der Waals surface area contributed by atoms with Crippen LogP contribution in [0.5, 0.6) is 0 Å². The molecule has 0 aromatic rings. The van der Waals surface area contributed by atoms with Gasteiger partial charge in [-0.3, -0.25) is 9.59 Å². The zero-order valence-electron chi connectivity index (χ0n) is 17.7. The van der Waals surface area contributed by atoms with Crippen LogP contribution < -0.4 is 5.48 Å². The van der Waals surface area contributed by atoms with Gasteiger partial charge in [0.05, 0.1) is 0 Å². The number of carbonyl (C=O) groups excluding carboxylic acids is 3. The van der Waals surface area contributed by atoms with Crippen molar-refractivity contribution in [3.8, 4) is 0 Å². The summed E-state index contributed by atoms with van der Waals surface area (Å²) in [5.41, 5.74) is 1.75. The Hall–Kier alpha value is -1.47. The van der Waals surface area contributed by atoms with E-state index in [9.17, 15) is 14.4 Å². The monoisotopic (exact) mass is 385 g/mol. The molecule has 0 bridgehead atoms. The molecular formula is C20H39N3O4. The number of hydroxylamine groups is 1. The van der Waals surface area contributed by atoms with Crippen molar-refractivity contribution < 1.29 is 19.6 Å². The van der Waals surface area contributed by atoms with E-state index >= 15 is 0 Å². The molecule has 2 atom stereocenters. The van der Waals surface area contributed by atoms with E-state index in [2.05, 4.69) is 13.8 Å². The predicted octanol–water partition coefficient (Wildman–Crippen LogP) is 2.47. The first-order valence-electron chi connectivity index (χ1n) is 10.2. The van der Waals surface area contributed by atoms with Gasteiger partial charge in [0.1, 0.15) is 12.3 Å². The average molecular weight is 386 g/mol. The maximum Gasteiger partial charge on any atom is 0.245 e. The van der Waals surface area contributed by atoms with Crippen molar-refractivity contribution >= 4 is 18.1 Å².